The molecular formula is C15H8Cl2O2. The Bertz CT molecular complexity index is 757. The van der Waals surface area contributed by atoms with E-state index in [0.717, 1.165) is 5.39 Å². The Labute approximate surface area is 119 Å². The van der Waals surface area contributed by atoms with E-state index in [4.69, 9.17) is 27.6 Å². The molecule has 0 radical (unpaired) electrons. The summed E-state index contributed by atoms with van der Waals surface area (Å²) in [4.78, 5) is 12.2. The van der Waals surface area contributed by atoms with Crippen molar-refractivity contribution in [3.8, 4) is 0 Å². The molecule has 0 aliphatic rings. The molecule has 0 bridgehead atoms. The van der Waals surface area contributed by atoms with Gasteiger partial charge in [-0.1, -0.05) is 23.2 Å². The number of benzene rings is 2. The van der Waals surface area contributed by atoms with E-state index >= 15 is 0 Å². The molecule has 0 atom stereocenters. The minimum Gasteiger partial charge on any atom is -0.453 e. The van der Waals surface area contributed by atoms with Gasteiger partial charge in [0.2, 0.25) is 5.78 Å². The number of ketones is 1. The minimum atomic E-state index is -0.177. The lowest BCUT2D eigenvalue weighted by atomic mass is 10.1. The van der Waals surface area contributed by atoms with Crippen LogP contribution in [0.4, 0.5) is 0 Å². The summed E-state index contributed by atoms with van der Waals surface area (Å²) in [5.74, 6) is 0.114. The van der Waals surface area contributed by atoms with Crippen molar-refractivity contribution in [2.24, 2.45) is 0 Å². The van der Waals surface area contributed by atoms with Crippen LogP contribution in [0.2, 0.25) is 10.0 Å². The van der Waals surface area contributed by atoms with Gasteiger partial charge < -0.3 is 4.42 Å². The topological polar surface area (TPSA) is 30.2 Å². The molecule has 0 unspecified atom stereocenters. The lowest BCUT2D eigenvalue weighted by Crippen LogP contribution is -1.98. The highest BCUT2D eigenvalue weighted by Crippen LogP contribution is 2.24. The van der Waals surface area contributed by atoms with Gasteiger partial charge in [0, 0.05) is 21.0 Å². The second-order valence-corrected chi connectivity index (χ2v) is 5.00. The number of fused-ring (bicyclic) bond motifs is 1. The number of rotatable bonds is 2. The Balaban J connectivity index is 2.04. The summed E-state index contributed by atoms with van der Waals surface area (Å²) < 4.78 is 5.53. The zero-order valence-corrected chi connectivity index (χ0v) is 11.2. The molecule has 2 nitrogen and oxygen atoms in total. The van der Waals surface area contributed by atoms with Crippen molar-refractivity contribution in [3.63, 3.8) is 0 Å². The van der Waals surface area contributed by atoms with Gasteiger partial charge in [0.15, 0.2) is 5.76 Å². The molecule has 0 aliphatic carbocycles. The maximum atomic E-state index is 12.2. The Hall–Kier alpha value is -1.77. The fourth-order valence-electron chi connectivity index (χ4n) is 1.87. The molecule has 0 saturated heterocycles. The molecule has 0 fully saturated rings. The normalized spacial score (nSPS) is 10.8. The van der Waals surface area contributed by atoms with Crippen LogP contribution < -0.4 is 0 Å². The van der Waals surface area contributed by atoms with Gasteiger partial charge in [0.05, 0.1) is 0 Å². The van der Waals surface area contributed by atoms with Gasteiger partial charge in [-0.2, -0.15) is 0 Å². The fraction of sp³-hybridized carbons (Fsp3) is 0. The van der Waals surface area contributed by atoms with Crippen molar-refractivity contribution < 1.29 is 9.21 Å². The van der Waals surface area contributed by atoms with Crippen LogP contribution in [0.1, 0.15) is 16.1 Å². The summed E-state index contributed by atoms with van der Waals surface area (Å²) in [5.41, 5.74) is 1.18. The van der Waals surface area contributed by atoms with Gasteiger partial charge in [-0.05, 0) is 48.5 Å². The third kappa shape index (κ3) is 2.37. The molecule has 19 heavy (non-hydrogen) atoms. The summed E-state index contributed by atoms with van der Waals surface area (Å²) in [6.45, 7) is 0. The highest BCUT2D eigenvalue weighted by molar-refractivity contribution is 6.31. The molecule has 0 amide bonds. The largest absolute Gasteiger partial charge is 0.453 e. The first kappa shape index (κ1) is 12.3. The van der Waals surface area contributed by atoms with Crippen LogP contribution in [0.15, 0.2) is 52.9 Å². The first-order valence-corrected chi connectivity index (χ1v) is 6.38. The van der Waals surface area contributed by atoms with Crippen molar-refractivity contribution in [2.75, 3.05) is 0 Å². The Morgan fingerprint density at radius 2 is 1.58 bits per heavy atom. The molecule has 1 heterocycles. The van der Waals surface area contributed by atoms with E-state index < -0.39 is 0 Å². The van der Waals surface area contributed by atoms with Crippen LogP contribution >= 0.6 is 23.2 Å². The Kier molecular flexibility index (Phi) is 3.05. The minimum absolute atomic E-state index is 0.177. The smallest absolute Gasteiger partial charge is 0.228 e. The van der Waals surface area contributed by atoms with Crippen LogP contribution in [-0.2, 0) is 0 Å². The van der Waals surface area contributed by atoms with Crippen molar-refractivity contribution in [2.45, 2.75) is 0 Å². The van der Waals surface area contributed by atoms with E-state index in [0.29, 0.717) is 27.0 Å². The van der Waals surface area contributed by atoms with Gasteiger partial charge in [-0.3, -0.25) is 4.79 Å². The van der Waals surface area contributed by atoms with E-state index in [9.17, 15) is 4.79 Å². The Morgan fingerprint density at radius 1 is 0.895 bits per heavy atom. The van der Waals surface area contributed by atoms with Crippen molar-refractivity contribution in [1.82, 2.24) is 0 Å². The molecule has 3 rings (SSSR count). The lowest BCUT2D eigenvalue weighted by molar-refractivity contribution is 0.101. The number of carbonyl (C=O) groups is 1. The summed E-state index contributed by atoms with van der Waals surface area (Å²) in [6, 6.07) is 13.6. The highest BCUT2D eigenvalue weighted by Gasteiger charge is 2.14. The van der Waals surface area contributed by atoms with Gasteiger partial charge in [0.1, 0.15) is 5.58 Å². The van der Waals surface area contributed by atoms with Crippen molar-refractivity contribution >= 4 is 40.0 Å². The van der Waals surface area contributed by atoms with E-state index in [1.165, 1.54) is 0 Å². The van der Waals surface area contributed by atoms with E-state index in [1.807, 2.05) is 0 Å². The van der Waals surface area contributed by atoms with Crippen LogP contribution in [0.5, 0.6) is 0 Å². The third-order valence-corrected chi connectivity index (χ3v) is 3.30. The van der Waals surface area contributed by atoms with E-state index in [-0.39, 0.29) is 5.78 Å². The summed E-state index contributed by atoms with van der Waals surface area (Å²) in [7, 11) is 0. The molecule has 4 heteroatoms. The third-order valence-electron chi connectivity index (χ3n) is 2.81. The van der Waals surface area contributed by atoms with E-state index in [1.54, 1.807) is 48.5 Å². The van der Waals surface area contributed by atoms with Gasteiger partial charge >= 0.3 is 0 Å². The van der Waals surface area contributed by atoms with Gasteiger partial charge in [-0.15, -0.1) is 0 Å². The summed E-state index contributed by atoms with van der Waals surface area (Å²) in [6.07, 6.45) is 0. The zero-order chi connectivity index (χ0) is 13.4. The molecule has 0 saturated carbocycles. The zero-order valence-electron chi connectivity index (χ0n) is 9.69. The average Bonchev–Trinajstić information content (AvgIpc) is 2.81. The summed E-state index contributed by atoms with van der Waals surface area (Å²) in [5, 5.41) is 2.01. The van der Waals surface area contributed by atoms with Crippen molar-refractivity contribution in [1.29, 1.82) is 0 Å². The van der Waals surface area contributed by atoms with Crippen LogP contribution in [-0.4, -0.2) is 5.78 Å². The second-order valence-electron chi connectivity index (χ2n) is 4.13. The number of hydrogen-bond donors (Lipinski definition) is 0. The first-order valence-electron chi connectivity index (χ1n) is 5.63. The van der Waals surface area contributed by atoms with Crippen LogP contribution in [0.25, 0.3) is 11.0 Å². The quantitative estimate of drug-likeness (QED) is 0.624. The molecular weight excluding hydrogens is 283 g/mol. The molecule has 0 N–H and O–H groups in total. The number of hydrogen-bond acceptors (Lipinski definition) is 2. The number of furan rings is 1. The molecule has 0 aliphatic heterocycles. The molecule has 94 valence electrons. The SMILES string of the molecule is O=C(c1ccc(Cl)cc1)c1cc2cc(Cl)ccc2o1. The Morgan fingerprint density at radius 3 is 2.32 bits per heavy atom. The predicted molar refractivity (Wildman–Crippen MR) is 76.1 cm³/mol. The molecule has 1 aromatic heterocycles. The average molecular weight is 291 g/mol. The van der Waals surface area contributed by atoms with Gasteiger partial charge in [-0.25, -0.2) is 0 Å². The maximum absolute atomic E-state index is 12.2. The molecule has 2 aromatic carbocycles. The van der Waals surface area contributed by atoms with Crippen molar-refractivity contribution in [3.05, 3.63) is 69.9 Å². The predicted octanol–water partition coefficient (Wildman–Crippen LogP) is 4.97. The van der Waals surface area contributed by atoms with Crippen LogP contribution in [0.3, 0.4) is 0 Å². The van der Waals surface area contributed by atoms with Crippen LogP contribution in [0, 0.1) is 0 Å². The molecule has 3 aromatic rings. The highest BCUT2D eigenvalue weighted by atomic mass is 35.5. The fourth-order valence-corrected chi connectivity index (χ4v) is 2.18. The summed E-state index contributed by atoms with van der Waals surface area (Å²) >= 11 is 11.7. The standard InChI is InChI=1S/C15H8Cl2O2/c16-11-3-1-9(2-4-11)15(18)14-8-10-7-12(17)5-6-13(10)19-14/h1-8H. The van der Waals surface area contributed by atoms with Gasteiger partial charge in [0.25, 0.3) is 0 Å². The monoisotopic (exact) mass is 290 g/mol. The first-order chi connectivity index (χ1) is 9.13. The van der Waals surface area contributed by atoms with E-state index in [2.05, 4.69) is 0 Å². The lowest BCUT2D eigenvalue weighted by Gasteiger charge is -1.97. The number of halogens is 2. The number of carbonyl (C=O) groups excluding carboxylic acids is 1. The second kappa shape index (κ2) is 4.72. The molecule has 0 spiro atoms. The maximum Gasteiger partial charge on any atom is 0.228 e.